The Hall–Kier alpha value is -1.51. The number of carbonyl (C=O) groups excluding carboxylic acids is 1. The Kier molecular flexibility index (Phi) is 5.87. The Morgan fingerprint density at radius 3 is 2.55 bits per heavy atom. The molecule has 0 aromatic heterocycles. The van der Waals surface area contributed by atoms with E-state index in [2.05, 4.69) is 5.32 Å². The van der Waals surface area contributed by atoms with Gasteiger partial charge in [0.1, 0.15) is 24.4 Å². The second kappa shape index (κ2) is 7.66. The molecule has 7 nitrogen and oxygen atoms in total. The first-order valence-electron chi connectivity index (χ1n) is 6.98. The molecule has 4 unspecified atom stereocenters. The van der Waals surface area contributed by atoms with E-state index in [1.54, 1.807) is 24.3 Å². The number of aliphatic hydroxyl groups excluding tert-OH is 2. The highest BCUT2D eigenvalue weighted by Crippen LogP contribution is 2.26. The van der Waals surface area contributed by atoms with E-state index in [-0.39, 0.29) is 5.91 Å². The summed E-state index contributed by atoms with van der Waals surface area (Å²) >= 11 is 0. The van der Waals surface area contributed by atoms with Crippen LogP contribution in [0.2, 0.25) is 0 Å². The van der Waals surface area contributed by atoms with Gasteiger partial charge in [0.2, 0.25) is 0 Å². The molecule has 1 aliphatic heterocycles. The topological polar surface area (TPSA) is 97.2 Å². The highest BCUT2D eigenvalue weighted by molar-refractivity contribution is 5.94. The van der Waals surface area contributed by atoms with E-state index in [0.717, 1.165) is 0 Å². The largest absolute Gasteiger partial charge is 0.394 e. The standard InChI is InChI=1S/C15H21NO6/c1-20-13-11(15(21-2)22-12(13)10(18)8-17)16-14(19)9-6-4-3-5-7-9/h3-7,10-13,15,17-18H,8H2,1-2H3,(H,16,19)/t10-,11?,12?,13?,15?/m1/s1. The molecule has 0 radical (unpaired) electrons. The molecule has 2 rings (SSSR count). The van der Waals surface area contributed by atoms with Gasteiger partial charge in [0.25, 0.3) is 5.91 Å². The summed E-state index contributed by atoms with van der Waals surface area (Å²) in [5.41, 5.74) is 0.498. The highest BCUT2D eigenvalue weighted by atomic mass is 16.7. The molecule has 1 amide bonds. The van der Waals surface area contributed by atoms with E-state index in [1.807, 2.05) is 6.07 Å². The van der Waals surface area contributed by atoms with Crippen molar-refractivity contribution in [3.63, 3.8) is 0 Å². The van der Waals surface area contributed by atoms with Crippen LogP contribution in [0.4, 0.5) is 0 Å². The summed E-state index contributed by atoms with van der Waals surface area (Å²) < 4.78 is 16.1. The van der Waals surface area contributed by atoms with Crippen molar-refractivity contribution in [3.05, 3.63) is 35.9 Å². The number of methoxy groups -OCH3 is 2. The molecule has 5 atom stereocenters. The summed E-state index contributed by atoms with van der Waals surface area (Å²) in [6.45, 7) is -0.472. The van der Waals surface area contributed by atoms with Crippen molar-refractivity contribution in [2.45, 2.75) is 30.6 Å². The van der Waals surface area contributed by atoms with Crippen LogP contribution in [-0.2, 0) is 14.2 Å². The van der Waals surface area contributed by atoms with Gasteiger partial charge in [0.15, 0.2) is 6.29 Å². The Bertz CT molecular complexity index is 482. The summed E-state index contributed by atoms with van der Waals surface area (Å²) in [4.78, 5) is 12.3. The SMILES string of the molecule is COC1OC([C@H](O)CO)C(OC)C1NC(=O)c1ccccc1. The van der Waals surface area contributed by atoms with Crippen LogP contribution >= 0.6 is 0 Å². The summed E-state index contributed by atoms with van der Waals surface area (Å²) in [6, 6.07) is 8.12. The number of aliphatic hydroxyl groups is 2. The minimum atomic E-state index is -1.12. The maximum atomic E-state index is 12.3. The van der Waals surface area contributed by atoms with Gasteiger partial charge in [0.05, 0.1) is 6.61 Å². The van der Waals surface area contributed by atoms with Crippen LogP contribution in [-0.4, -0.2) is 67.6 Å². The molecule has 0 saturated carbocycles. The molecular formula is C15H21NO6. The molecule has 122 valence electrons. The fraction of sp³-hybridized carbons (Fsp3) is 0.533. The molecule has 1 aromatic rings. The van der Waals surface area contributed by atoms with Gasteiger partial charge in [-0.15, -0.1) is 0 Å². The smallest absolute Gasteiger partial charge is 0.251 e. The van der Waals surface area contributed by atoms with E-state index in [0.29, 0.717) is 5.56 Å². The van der Waals surface area contributed by atoms with Crippen molar-refractivity contribution in [2.75, 3.05) is 20.8 Å². The maximum absolute atomic E-state index is 12.3. The predicted octanol–water partition coefficient (Wildman–Crippen LogP) is -0.475. The number of rotatable bonds is 6. The number of carbonyl (C=O) groups is 1. The average molecular weight is 311 g/mol. The number of nitrogens with one attached hydrogen (secondary N) is 1. The summed E-state index contributed by atoms with van der Waals surface area (Å²) in [5.74, 6) is -0.294. The predicted molar refractivity (Wildman–Crippen MR) is 77.3 cm³/mol. The zero-order valence-corrected chi connectivity index (χ0v) is 12.5. The maximum Gasteiger partial charge on any atom is 0.251 e. The van der Waals surface area contributed by atoms with Gasteiger partial charge in [-0.25, -0.2) is 0 Å². The van der Waals surface area contributed by atoms with Gasteiger partial charge in [-0.1, -0.05) is 18.2 Å². The van der Waals surface area contributed by atoms with Crippen LogP contribution in [0.25, 0.3) is 0 Å². The van der Waals surface area contributed by atoms with Gasteiger partial charge in [-0.3, -0.25) is 4.79 Å². The molecule has 1 aromatic carbocycles. The van der Waals surface area contributed by atoms with E-state index in [9.17, 15) is 9.90 Å². The third kappa shape index (κ3) is 3.45. The van der Waals surface area contributed by atoms with E-state index in [1.165, 1.54) is 14.2 Å². The first kappa shape index (κ1) is 16.9. The Morgan fingerprint density at radius 1 is 1.32 bits per heavy atom. The summed E-state index contributed by atoms with van der Waals surface area (Å²) in [7, 11) is 2.89. The third-order valence-electron chi connectivity index (χ3n) is 3.67. The summed E-state index contributed by atoms with van der Waals surface area (Å²) in [6.07, 6.45) is -3.33. The van der Waals surface area contributed by atoms with Crippen LogP contribution in [0.3, 0.4) is 0 Å². The van der Waals surface area contributed by atoms with Crippen molar-refractivity contribution in [2.24, 2.45) is 0 Å². The van der Waals surface area contributed by atoms with Crippen LogP contribution in [0.1, 0.15) is 10.4 Å². The van der Waals surface area contributed by atoms with E-state index >= 15 is 0 Å². The van der Waals surface area contributed by atoms with Crippen LogP contribution < -0.4 is 5.32 Å². The second-order valence-corrected chi connectivity index (χ2v) is 5.02. The average Bonchev–Trinajstić information content (AvgIpc) is 2.92. The number of benzene rings is 1. The summed E-state index contributed by atoms with van der Waals surface area (Å²) in [5, 5.41) is 21.7. The van der Waals surface area contributed by atoms with Crippen molar-refractivity contribution >= 4 is 5.91 Å². The first-order chi connectivity index (χ1) is 10.6. The van der Waals surface area contributed by atoms with Gasteiger partial charge in [0, 0.05) is 19.8 Å². The Morgan fingerprint density at radius 2 is 2.00 bits per heavy atom. The number of hydrogen-bond acceptors (Lipinski definition) is 6. The first-order valence-corrected chi connectivity index (χ1v) is 6.98. The molecule has 1 fully saturated rings. The molecule has 3 N–H and O–H groups in total. The molecule has 0 bridgehead atoms. The third-order valence-corrected chi connectivity index (χ3v) is 3.67. The molecule has 0 aliphatic carbocycles. The lowest BCUT2D eigenvalue weighted by Crippen LogP contribution is -2.50. The van der Waals surface area contributed by atoms with Gasteiger partial charge in [-0.2, -0.15) is 0 Å². The van der Waals surface area contributed by atoms with Crippen molar-refractivity contribution in [3.8, 4) is 0 Å². The molecule has 1 heterocycles. The van der Waals surface area contributed by atoms with Gasteiger partial charge >= 0.3 is 0 Å². The minimum Gasteiger partial charge on any atom is -0.394 e. The fourth-order valence-corrected chi connectivity index (χ4v) is 2.55. The van der Waals surface area contributed by atoms with Crippen molar-refractivity contribution < 1.29 is 29.2 Å². The van der Waals surface area contributed by atoms with Crippen molar-refractivity contribution in [1.82, 2.24) is 5.32 Å². The van der Waals surface area contributed by atoms with Crippen molar-refractivity contribution in [1.29, 1.82) is 0 Å². The Labute approximate surface area is 128 Å². The molecule has 22 heavy (non-hydrogen) atoms. The zero-order valence-electron chi connectivity index (χ0n) is 12.5. The van der Waals surface area contributed by atoms with E-state index < -0.39 is 37.3 Å². The molecule has 0 spiro atoms. The monoisotopic (exact) mass is 311 g/mol. The normalized spacial score (nSPS) is 29.3. The molecular weight excluding hydrogens is 290 g/mol. The van der Waals surface area contributed by atoms with Gasteiger partial charge < -0.3 is 29.7 Å². The number of ether oxygens (including phenoxy) is 3. The fourth-order valence-electron chi connectivity index (χ4n) is 2.55. The van der Waals surface area contributed by atoms with E-state index in [4.69, 9.17) is 19.3 Å². The molecule has 1 saturated heterocycles. The minimum absolute atomic E-state index is 0.294. The quantitative estimate of drug-likeness (QED) is 0.657. The van der Waals surface area contributed by atoms with Crippen LogP contribution in [0.5, 0.6) is 0 Å². The van der Waals surface area contributed by atoms with Crippen LogP contribution in [0.15, 0.2) is 30.3 Å². The highest BCUT2D eigenvalue weighted by Gasteiger charge is 2.48. The second-order valence-electron chi connectivity index (χ2n) is 5.02. The number of amides is 1. The Balaban J connectivity index is 2.14. The lowest BCUT2D eigenvalue weighted by atomic mass is 10.0. The number of hydrogen-bond donors (Lipinski definition) is 3. The molecule has 7 heteroatoms. The van der Waals surface area contributed by atoms with Gasteiger partial charge in [-0.05, 0) is 12.1 Å². The lowest BCUT2D eigenvalue weighted by molar-refractivity contribution is -0.154. The van der Waals surface area contributed by atoms with Crippen LogP contribution in [0, 0.1) is 0 Å². The zero-order chi connectivity index (χ0) is 16.1. The lowest BCUT2D eigenvalue weighted by Gasteiger charge is -2.24. The molecule has 1 aliphatic rings.